The first kappa shape index (κ1) is 19.9. The van der Waals surface area contributed by atoms with Crippen molar-refractivity contribution in [1.82, 2.24) is 15.2 Å². The van der Waals surface area contributed by atoms with Crippen LogP contribution in [-0.2, 0) is 5.75 Å². The van der Waals surface area contributed by atoms with E-state index in [4.69, 9.17) is 21.3 Å². The van der Waals surface area contributed by atoms with Crippen molar-refractivity contribution in [3.05, 3.63) is 76.9 Å². The number of hydrogen-bond acceptors (Lipinski definition) is 6. The number of methoxy groups -OCH3 is 1. The monoisotopic (exact) mass is 439 g/mol. The van der Waals surface area contributed by atoms with Gasteiger partial charge in [-0.25, -0.2) is 4.98 Å². The molecule has 0 spiro atoms. The van der Waals surface area contributed by atoms with Crippen LogP contribution in [0.25, 0.3) is 21.1 Å². The summed E-state index contributed by atoms with van der Waals surface area (Å²) in [6, 6.07) is 19.8. The molecule has 0 radical (unpaired) electrons. The van der Waals surface area contributed by atoms with Crippen LogP contribution in [0.3, 0.4) is 0 Å². The van der Waals surface area contributed by atoms with Gasteiger partial charge in [0, 0.05) is 16.3 Å². The normalized spacial score (nSPS) is 10.9. The van der Waals surface area contributed by atoms with E-state index in [0.29, 0.717) is 0 Å². The number of rotatable bonds is 6. The van der Waals surface area contributed by atoms with Crippen molar-refractivity contribution in [2.24, 2.45) is 0 Å². The molecule has 0 atom stereocenters. The molecule has 4 nitrogen and oxygen atoms in total. The van der Waals surface area contributed by atoms with Gasteiger partial charge < -0.3 is 4.74 Å². The lowest BCUT2D eigenvalue weighted by atomic mass is 10.2. The predicted molar refractivity (Wildman–Crippen MR) is 121 cm³/mol. The Morgan fingerprint density at radius 1 is 1.03 bits per heavy atom. The molecule has 2 aromatic carbocycles. The first-order chi connectivity index (χ1) is 14.1. The number of thioether (sulfide) groups is 1. The Hall–Kier alpha value is -2.41. The molecule has 0 aliphatic heterocycles. The fraction of sp³-hybridized carbons (Fsp3) is 0.136. The Bertz CT molecular complexity index is 1110. The summed E-state index contributed by atoms with van der Waals surface area (Å²) in [6.07, 6.45) is 0. The molecule has 7 heteroatoms. The lowest BCUT2D eigenvalue weighted by Crippen LogP contribution is -1.90. The molecule has 0 fully saturated rings. The quantitative estimate of drug-likeness (QED) is 0.319. The number of halogens is 1. The number of ether oxygens (including phenoxy) is 1. The SMILES string of the molecule is COc1ccc(-c2nc(C)c(-c3ccc(SCc4cccc(Cl)c4)nn3)s2)cc1. The van der Waals surface area contributed by atoms with Crippen LogP contribution in [0.1, 0.15) is 11.3 Å². The third-order valence-electron chi connectivity index (χ3n) is 4.28. The van der Waals surface area contributed by atoms with Gasteiger partial charge in [0.05, 0.1) is 17.7 Å². The molecule has 0 unspecified atom stereocenters. The number of hydrogen-bond donors (Lipinski definition) is 0. The van der Waals surface area contributed by atoms with Gasteiger partial charge in [-0.15, -0.1) is 21.5 Å². The van der Waals surface area contributed by atoms with E-state index in [-0.39, 0.29) is 0 Å². The molecule has 0 amide bonds. The van der Waals surface area contributed by atoms with Crippen molar-refractivity contribution < 1.29 is 4.74 Å². The summed E-state index contributed by atoms with van der Waals surface area (Å²) in [5.74, 6) is 1.63. The van der Waals surface area contributed by atoms with Gasteiger partial charge in [0.2, 0.25) is 0 Å². The van der Waals surface area contributed by atoms with Gasteiger partial charge in [0.1, 0.15) is 21.5 Å². The highest BCUT2D eigenvalue weighted by molar-refractivity contribution is 7.98. The number of thiazole rings is 1. The zero-order chi connectivity index (χ0) is 20.2. The molecule has 0 bridgehead atoms. The Kier molecular flexibility index (Phi) is 6.13. The average molecular weight is 440 g/mol. The van der Waals surface area contributed by atoms with Crippen molar-refractivity contribution in [3.63, 3.8) is 0 Å². The molecule has 0 N–H and O–H groups in total. The predicted octanol–water partition coefficient (Wildman–Crippen LogP) is 6.53. The maximum Gasteiger partial charge on any atom is 0.124 e. The zero-order valence-electron chi connectivity index (χ0n) is 15.9. The molecule has 0 aliphatic carbocycles. The highest BCUT2D eigenvalue weighted by Crippen LogP contribution is 2.35. The standard InChI is InChI=1S/C22H18ClN3OS2/c1-14-21(29-22(24-14)16-6-8-18(27-2)9-7-16)19-10-11-20(26-25-19)28-13-15-4-3-5-17(23)12-15/h3-12H,13H2,1-2H3. The number of aromatic nitrogens is 3. The van der Waals surface area contributed by atoms with Crippen molar-refractivity contribution in [1.29, 1.82) is 0 Å². The maximum absolute atomic E-state index is 6.04. The second-order valence-electron chi connectivity index (χ2n) is 6.34. The van der Waals surface area contributed by atoms with Crippen LogP contribution in [0, 0.1) is 6.92 Å². The minimum atomic E-state index is 0.748. The third kappa shape index (κ3) is 4.78. The molecule has 0 aliphatic rings. The number of nitrogens with zero attached hydrogens (tertiary/aromatic N) is 3. The summed E-state index contributed by atoms with van der Waals surface area (Å²) in [4.78, 5) is 5.75. The molecule has 4 rings (SSSR count). The summed E-state index contributed by atoms with van der Waals surface area (Å²) >= 11 is 9.30. The number of benzene rings is 2. The largest absolute Gasteiger partial charge is 0.497 e. The Labute approximate surface area is 183 Å². The van der Waals surface area contributed by atoms with Gasteiger partial charge >= 0.3 is 0 Å². The topological polar surface area (TPSA) is 47.9 Å². The third-order valence-corrected chi connectivity index (χ3v) is 6.74. The molecular formula is C22H18ClN3OS2. The number of aryl methyl sites for hydroxylation is 1. The van der Waals surface area contributed by atoms with Crippen LogP contribution in [0.4, 0.5) is 0 Å². The molecular weight excluding hydrogens is 422 g/mol. The van der Waals surface area contributed by atoms with Crippen LogP contribution < -0.4 is 4.74 Å². The van der Waals surface area contributed by atoms with Gasteiger partial charge in [-0.05, 0) is 61.0 Å². The minimum Gasteiger partial charge on any atom is -0.497 e. The summed E-state index contributed by atoms with van der Waals surface area (Å²) in [5, 5.41) is 11.4. The summed E-state index contributed by atoms with van der Waals surface area (Å²) in [5.41, 5.74) is 4.02. The van der Waals surface area contributed by atoms with E-state index in [0.717, 1.165) is 54.0 Å². The van der Waals surface area contributed by atoms with Crippen LogP contribution in [0.5, 0.6) is 5.75 Å². The maximum atomic E-state index is 6.04. The fourth-order valence-electron chi connectivity index (χ4n) is 2.79. The molecule has 2 aromatic heterocycles. The van der Waals surface area contributed by atoms with Crippen molar-refractivity contribution in [3.8, 4) is 26.9 Å². The molecule has 146 valence electrons. The highest BCUT2D eigenvalue weighted by atomic mass is 35.5. The van der Waals surface area contributed by atoms with Crippen molar-refractivity contribution in [2.75, 3.05) is 7.11 Å². The average Bonchev–Trinajstić information content (AvgIpc) is 3.14. The first-order valence-electron chi connectivity index (χ1n) is 8.95. The van der Waals surface area contributed by atoms with E-state index in [2.05, 4.69) is 16.3 Å². The summed E-state index contributed by atoms with van der Waals surface area (Å²) in [6.45, 7) is 2.00. The van der Waals surface area contributed by atoms with E-state index in [1.165, 1.54) is 0 Å². The Morgan fingerprint density at radius 2 is 1.86 bits per heavy atom. The second kappa shape index (κ2) is 8.95. The van der Waals surface area contributed by atoms with Crippen molar-refractivity contribution in [2.45, 2.75) is 17.7 Å². The minimum absolute atomic E-state index is 0.748. The van der Waals surface area contributed by atoms with Crippen LogP contribution in [-0.4, -0.2) is 22.3 Å². The van der Waals surface area contributed by atoms with Gasteiger partial charge in [-0.1, -0.05) is 35.5 Å². The Balaban J connectivity index is 1.49. The van der Waals surface area contributed by atoms with E-state index in [1.54, 1.807) is 30.2 Å². The van der Waals surface area contributed by atoms with Gasteiger partial charge in [0.25, 0.3) is 0 Å². The highest BCUT2D eigenvalue weighted by Gasteiger charge is 2.13. The molecule has 4 aromatic rings. The van der Waals surface area contributed by atoms with Crippen LogP contribution >= 0.6 is 34.7 Å². The summed E-state index contributed by atoms with van der Waals surface area (Å²) in [7, 11) is 1.66. The van der Waals surface area contributed by atoms with Crippen LogP contribution in [0.2, 0.25) is 5.02 Å². The van der Waals surface area contributed by atoms with Gasteiger partial charge in [-0.3, -0.25) is 0 Å². The zero-order valence-corrected chi connectivity index (χ0v) is 18.3. The second-order valence-corrected chi connectivity index (χ2v) is 8.77. The van der Waals surface area contributed by atoms with E-state index in [1.807, 2.05) is 61.5 Å². The molecule has 0 saturated heterocycles. The van der Waals surface area contributed by atoms with Gasteiger partial charge in [0.15, 0.2) is 0 Å². The molecule has 2 heterocycles. The van der Waals surface area contributed by atoms with E-state index >= 15 is 0 Å². The Morgan fingerprint density at radius 3 is 2.55 bits per heavy atom. The van der Waals surface area contributed by atoms with E-state index < -0.39 is 0 Å². The smallest absolute Gasteiger partial charge is 0.124 e. The fourth-order valence-corrected chi connectivity index (χ4v) is 4.80. The lowest BCUT2D eigenvalue weighted by Gasteiger charge is -2.03. The van der Waals surface area contributed by atoms with Gasteiger partial charge in [-0.2, -0.15) is 0 Å². The lowest BCUT2D eigenvalue weighted by molar-refractivity contribution is 0.415. The van der Waals surface area contributed by atoms with Crippen LogP contribution in [0.15, 0.2) is 65.7 Å². The van der Waals surface area contributed by atoms with Crippen molar-refractivity contribution >= 4 is 34.7 Å². The van der Waals surface area contributed by atoms with E-state index in [9.17, 15) is 0 Å². The molecule has 0 saturated carbocycles. The first-order valence-corrected chi connectivity index (χ1v) is 11.1. The molecule has 29 heavy (non-hydrogen) atoms. The summed E-state index contributed by atoms with van der Waals surface area (Å²) < 4.78 is 5.22.